The predicted octanol–water partition coefficient (Wildman–Crippen LogP) is 1.16. The normalized spacial score (nSPS) is 20.5. The van der Waals surface area contributed by atoms with E-state index in [2.05, 4.69) is 0 Å². The van der Waals surface area contributed by atoms with Gasteiger partial charge in [0.1, 0.15) is 4.21 Å². The number of rotatable bonds is 4. The maximum absolute atomic E-state index is 12.3. The van der Waals surface area contributed by atoms with Crippen LogP contribution in [0.3, 0.4) is 0 Å². The maximum Gasteiger partial charge on any atom is 0.252 e. The van der Waals surface area contributed by atoms with Gasteiger partial charge in [-0.2, -0.15) is 4.31 Å². The zero-order valence-corrected chi connectivity index (χ0v) is 12.9. The predicted molar refractivity (Wildman–Crippen MR) is 74.6 cm³/mol. The fraction of sp³-hybridized carbons (Fsp3) is 0.583. The summed E-state index contributed by atoms with van der Waals surface area (Å²) in [6, 6.07) is 1.68. The largest absolute Gasteiger partial charge is 0.345 e. The van der Waals surface area contributed by atoms with Crippen molar-refractivity contribution in [1.29, 1.82) is 0 Å². The molecule has 0 saturated carbocycles. The van der Waals surface area contributed by atoms with Crippen LogP contribution in [0.2, 0.25) is 0 Å². The van der Waals surface area contributed by atoms with Gasteiger partial charge in [0.2, 0.25) is 5.91 Å². The van der Waals surface area contributed by atoms with Crippen LogP contribution >= 0.6 is 11.3 Å². The van der Waals surface area contributed by atoms with E-state index in [1.165, 1.54) is 15.6 Å². The van der Waals surface area contributed by atoms with Crippen molar-refractivity contribution in [3.05, 3.63) is 17.0 Å². The highest BCUT2D eigenvalue weighted by molar-refractivity contribution is 7.91. The lowest BCUT2D eigenvalue weighted by atomic mass is 10.1. The minimum Gasteiger partial charge on any atom is -0.345 e. The first-order valence-corrected chi connectivity index (χ1v) is 8.38. The van der Waals surface area contributed by atoms with Crippen LogP contribution in [-0.2, 0) is 14.8 Å². The van der Waals surface area contributed by atoms with E-state index >= 15 is 0 Å². The van der Waals surface area contributed by atoms with E-state index in [1.54, 1.807) is 25.1 Å². The molecule has 0 bridgehead atoms. The lowest BCUT2D eigenvalue weighted by Gasteiger charge is -2.19. The van der Waals surface area contributed by atoms with Crippen molar-refractivity contribution in [2.75, 3.05) is 27.2 Å². The Morgan fingerprint density at radius 1 is 1.53 bits per heavy atom. The quantitative estimate of drug-likeness (QED) is 0.838. The van der Waals surface area contributed by atoms with Crippen molar-refractivity contribution >= 4 is 27.3 Å². The molecule has 2 rings (SSSR count). The van der Waals surface area contributed by atoms with Crippen molar-refractivity contribution < 1.29 is 13.2 Å². The number of hydrogen-bond donors (Lipinski definition) is 0. The van der Waals surface area contributed by atoms with Crippen LogP contribution in [0.25, 0.3) is 0 Å². The molecule has 1 aromatic rings. The highest BCUT2D eigenvalue weighted by atomic mass is 32.2. The Hall–Kier alpha value is -0.920. The Bertz CT molecular complexity index is 580. The molecular formula is C12H18N2O3S2. The molecule has 0 radical (unpaired) electrons. The van der Waals surface area contributed by atoms with Gasteiger partial charge in [0, 0.05) is 33.6 Å². The van der Waals surface area contributed by atoms with Gasteiger partial charge in [-0.05, 0) is 29.9 Å². The Morgan fingerprint density at radius 2 is 2.21 bits per heavy atom. The standard InChI is InChI=1S/C12H18N2O3S2/c1-9-4-12(18-8-9)19(16,17)14(3)7-10-5-11(15)13(2)6-10/h4,8,10H,5-7H2,1-3H3. The van der Waals surface area contributed by atoms with E-state index in [1.807, 2.05) is 12.3 Å². The highest BCUT2D eigenvalue weighted by Crippen LogP contribution is 2.25. The molecule has 1 aromatic heterocycles. The van der Waals surface area contributed by atoms with E-state index in [4.69, 9.17) is 0 Å². The summed E-state index contributed by atoms with van der Waals surface area (Å²) >= 11 is 1.24. The molecule has 1 unspecified atom stereocenters. The van der Waals surface area contributed by atoms with Gasteiger partial charge in [0.15, 0.2) is 0 Å². The van der Waals surface area contributed by atoms with Crippen LogP contribution in [0.15, 0.2) is 15.7 Å². The second kappa shape index (κ2) is 5.22. The Morgan fingerprint density at radius 3 is 2.68 bits per heavy atom. The SMILES string of the molecule is Cc1csc(S(=O)(=O)N(C)CC2CC(=O)N(C)C2)c1. The topological polar surface area (TPSA) is 57.7 Å². The first-order chi connectivity index (χ1) is 8.80. The van der Waals surface area contributed by atoms with Gasteiger partial charge < -0.3 is 4.90 Å². The minimum atomic E-state index is -3.42. The first kappa shape index (κ1) is 14.5. The Kier molecular flexibility index (Phi) is 3.98. The zero-order chi connectivity index (χ0) is 14.2. The molecule has 1 aliphatic rings. The van der Waals surface area contributed by atoms with Crippen LogP contribution in [0.1, 0.15) is 12.0 Å². The summed E-state index contributed by atoms with van der Waals surface area (Å²) in [5, 5.41) is 1.83. The fourth-order valence-electron chi connectivity index (χ4n) is 2.23. The van der Waals surface area contributed by atoms with Gasteiger partial charge in [-0.1, -0.05) is 0 Å². The number of carbonyl (C=O) groups excluding carboxylic acids is 1. The molecular weight excluding hydrogens is 284 g/mol. The maximum atomic E-state index is 12.3. The molecule has 1 saturated heterocycles. The third-order valence-electron chi connectivity index (χ3n) is 3.31. The highest BCUT2D eigenvalue weighted by Gasteiger charge is 2.31. The summed E-state index contributed by atoms with van der Waals surface area (Å²) in [6.45, 7) is 2.89. The number of nitrogens with zero attached hydrogens (tertiary/aromatic N) is 2. The van der Waals surface area contributed by atoms with Crippen molar-refractivity contribution in [1.82, 2.24) is 9.21 Å². The molecule has 0 aliphatic carbocycles. The van der Waals surface area contributed by atoms with Crippen LogP contribution in [0.5, 0.6) is 0 Å². The van der Waals surface area contributed by atoms with Gasteiger partial charge in [-0.25, -0.2) is 8.42 Å². The van der Waals surface area contributed by atoms with Gasteiger partial charge in [0.25, 0.3) is 10.0 Å². The zero-order valence-electron chi connectivity index (χ0n) is 11.3. The van der Waals surface area contributed by atoms with Crippen molar-refractivity contribution in [2.24, 2.45) is 5.92 Å². The number of sulfonamides is 1. The van der Waals surface area contributed by atoms with E-state index in [0.29, 0.717) is 23.7 Å². The summed E-state index contributed by atoms with van der Waals surface area (Å²) in [5.74, 6) is 0.168. The Labute approximate surface area is 117 Å². The van der Waals surface area contributed by atoms with Crippen molar-refractivity contribution in [3.63, 3.8) is 0 Å². The summed E-state index contributed by atoms with van der Waals surface area (Å²) in [6.07, 6.45) is 0.430. The second-order valence-corrected chi connectivity index (χ2v) is 8.26. The third-order valence-corrected chi connectivity index (χ3v) is 6.66. The van der Waals surface area contributed by atoms with Gasteiger partial charge in [-0.3, -0.25) is 4.79 Å². The number of likely N-dealkylation sites (tertiary alicyclic amines) is 1. The van der Waals surface area contributed by atoms with E-state index in [-0.39, 0.29) is 11.8 Å². The molecule has 7 heteroatoms. The third kappa shape index (κ3) is 2.98. The molecule has 19 heavy (non-hydrogen) atoms. The minimum absolute atomic E-state index is 0.0818. The average molecular weight is 302 g/mol. The average Bonchev–Trinajstić information content (AvgIpc) is 2.87. The second-order valence-electron chi connectivity index (χ2n) is 5.07. The van der Waals surface area contributed by atoms with Gasteiger partial charge in [0.05, 0.1) is 0 Å². The van der Waals surface area contributed by atoms with Crippen molar-refractivity contribution in [3.8, 4) is 0 Å². The van der Waals surface area contributed by atoms with Gasteiger partial charge >= 0.3 is 0 Å². The lowest BCUT2D eigenvalue weighted by molar-refractivity contribution is -0.126. The van der Waals surface area contributed by atoms with E-state index in [0.717, 1.165) is 5.56 Å². The number of carbonyl (C=O) groups is 1. The monoisotopic (exact) mass is 302 g/mol. The summed E-state index contributed by atoms with van der Waals surface area (Å²) in [5.41, 5.74) is 0.952. The number of hydrogen-bond acceptors (Lipinski definition) is 4. The lowest BCUT2D eigenvalue weighted by Crippen LogP contribution is -2.32. The molecule has 0 aromatic carbocycles. The van der Waals surface area contributed by atoms with Crippen molar-refractivity contribution in [2.45, 2.75) is 17.6 Å². The molecule has 2 heterocycles. The number of amides is 1. The van der Waals surface area contributed by atoms with Crippen LogP contribution in [0.4, 0.5) is 0 Å². The smallest absolute Gasteiger partial charge is 0.252 e. The van der Waals surface area contributed by atoms with Gasteiger partial charge in [-0.15, -0.1) is 11.3 Å². The van der Waals surface area contributed by atoms with E-state index in [9.17, 15) is 13.2 Å². The molecule has 0 spiro atoms. The van der Waals surface area contributed by atoms with Crippen LogP contribution < -0.4 is 0 Å². The fourth-order valence-corrected chi connectivity index (χ4v) is 4.92. The summed E-state index contributed by atoms with van der Waals surface area (Å²) < 4.78 is 26.4. The molecule has 1 aliphatic heterocycles. The molecule has 1 fully saturated rings. The first-order valence-electron chi connectivity index (χ1n) is 6.06. The molecule has 5 nitrogen and oxygen atoms in total. The summed E-state index contributed by atoms with van der Waals surface area (Å²) in [7, 11) is -0.0925. The Balaban J connectivity index is 2.08. The molecule has 0 N–H and O–H groups in total. The molecule has 1 amide bonds. The summed E-state index contributed by atoms with van der Waals surface area (Å²) in [4.78, 5) is 13.1. The number of aryl methyl sites for hydroxylation is 1. The number of thiophene rings is 1. The molecule has 106 valence electrons. The van der Waals surface area contributed by atoms with Crippen LogP contribution in [0, 0.1) is 12.8 Å². The molecule has 1 atom stereocenters. The van der Waals surface area contributed by atoms with Crippen LogP contribution in [-0.4, -0.2) is 50.7 Å². The van der Waals surface area contributed by atoms with E-state index < -0.39 is 10.0 Å².